The lowest BCUT2D eigenvalue weighted by Crippen LogP contribution is -2.21. The average Bonchev–Trinajstić information content (AvgIpc) is 3.53. The molecular formula is C22H24N2O8S. The van der Waals surface area contributed by atoms with Gasteiger partial charge in [-0.25, -0.2) is 13.2 Å². The van der Waals surface area contributed by atoms with Crippen LogP contribution in [0.5, 0.6) is 0 Å². The highest BCUT2D eigenvalue weighted by Gasteiger charge is 2.60. The van der Waals surface area contributed by atoms with Gasteiger partial charge in [-0.2, -0.15) is 0 Å². The van der Waals surface area contributed by atoms with E-state index in [1.54, 1.807) is 25.1 Å². The molecule has 0 saturated heterocycles. The number of sulfone groups is 1. The van der Waals surface area contributed by atoms with Crippen molar-refractivity contribution in [3.63, 3.8) is 0 Å². The second-order valence-electron chi connectivity index (χ2n) is 8.07. The second-order valence-corrected chi connectivity index (χ2v) is 10.2. The number of nitro benzene ring substituents is 2. The standard InChI is InChI=1S/C22H24N2O8S/c1-3-4-10-19-20(21(19)33(30,31)18-8-6-5-7-9-18)14(2)32-22(25)15-11-16(23(26)27)13-17(12-15)24(28)29/h5-9,11-14,19-21H,3-4,10H2,1-2H3/t14-,19+,20-,21-/m0/s1. The fourth-order valence-corrected chi connectivity index (χ4v) is 6.60. The predicted octanol–water partition coefficient (Wildman–Crippen LogP) is 4.33. The first-order valence-electron chi connectivity index (χ1n) is 10.5. The summed E-state index contributed by atoms with van der Waals surface area (Å²) in [7, 11) is -3.65. The lowest BCUT2D eigenvalue weighted by molar-refractivity contribution is -0.394. The lowest BCUT2D eigenvalue weighted by Gasteiger charge is -2.14. The molecule has 1 aliphatic carbocycles. The molecule has 0 bridgehead atoms. The van der Waals surface area contributed by atoms with Crippen molar-refractivity contribution in [3.05, 3.63) is 74.3 Å². The van der Waals surface area contributed by atoms with Crippen LogP contribution in [0.25, 0.3) is 0 Å². The Balaban J connectivity index is 1.83. The minimum atomic E-state index is -3.65. The molecule has 3 rings (SSSR count). The minimum absolute atomic E-state index is 0.197. The molecule has 10 nitrogen and oxygen atoms in total. The summed E-state index contributed by atoms with van der Waals surface area (Å²) in [5.41, 5.74) is -1.56. The molecule has 0 aromatic heterocycles. The zero-order valence-corrected chi connectivity index (χ0v) is 18.9. The van der Waals surface area contributed by atoms with Crippen molar-refractivity contribution >= 4 is 27.2 Å². The number of non-ortho nitro benzene ring substituents is 2. The number of nitro groups is 2. The maximum absolute atomic E-state index is 13.2. The Morgan fingerprint density at radius 2 is 1.64 bits per heavy atom. The molecule has 11 heteroatoms. The highest BCUT2D eigenvalue weighted by atomic mass is 32.2. The normalized spacial score (nSPS) is 20.6. The van der Waals surface area contributed by atoms with Crippen LogP contribution in [0.3, 0.4) is 0 Å². The van der Waals surface area contributed by atoms with Crippen molar-refractivity contribution in [1.82, 2.24) is 0 Å². The maximum Gasteiger partial charge on any atom is 0.338 e. The van der Waals surface area contributed by atoms with Crippen molar-refractivity contribution in [2.45, 2.75) is 49.4 Å². The first-order chi connectivity index (χ1) is 15.6. The van der Waals surface area contributed by atoms with Crippen LogP contribution < -0.4 is 0 Å². The number of carbonyl (C=O) groups excluding carboxylic acids is 1. The molecule has 0 heterocycles. The van der Waals surface area contributed by atoms with Crippen molar-refractivity contribution in [2.24, 2.45) is 11.8 Å². The van der Waals surface area contributed by atoms with Gasteiger partial charge in [0.25, 0.3) is 11.4 Å². The van der Waals surface area contributed by atoms with E-state index in [-0.39, 0.29) is 16.4 Å². The summed E-state index contributed by atoms with van der Waals surface area (Å²) in [6.07, 6.45) is 1.55. The molecular weight excluding hydrogens is 452 g/mol. The van der Waals surface area contributed by atoms with Gasteiger partial charge in [0, 0.05) is 18.1 Å². The van der Waals surface area contributed by atoms with E-state index >= 15 is 0 Å². The Labute approximate surface area is 190 Å². The number of nitrogens with zero attached hydrogens (tertiary/aromatic N) is 2. The Morgan fingerprint density at radius 1 is 1.06 bits per heavy atom. The second kappa shape index (κ2) is 9.65. The summed E-state index contributed by atoms with van der Waals surface area (Å²) in [4.78, 5) is 33.4. The van der Waals surface area contributed by atoms with E-state index in [0.717, 1.165) is 31.0 Å². The predicted molar refractivity (Wildman–Crippen MR) is 119 cm³/mol. The summed E-state index contributed by atoms with van der Waals surface area (Å²) in [6, 6.07) is 10.6. The van der Waals surface area contributed by atoms with Crippen molar-refractivity contribution in [3.8, 4) is 0 Å². The van der Waals surface area contributed by atoms with E-state index in [2.05, 4.69) is 0 Å². The molecule has 176 valence electrons. The summed E-state index contributed by atoms with van der Waals surface area (Å²) in [5.74, 6) is -1.62. The van der Waals surface area contributed by atoms with Gasteiger partial charge in [-0.3, -0.25) is 20.2 Å². The van der Waals surface area contributed by atoms with Gasteiger partial charge in [0.2, 0.25) is 0 Å². The Morgan fingerprint density at radius 3 is 2.15 bits per heavy atom. The minimum Gasteiger partial charge on any atom is -0.459 e. The molecule has 1 saturated carbocycles. The van der Waals surface area contributed by atoms with Gasteiger partial charge in [-0.15, -0.1) is 0 Å². The largest absolute Gasteiger partial charge is 0.459 e. The zero-order valence-electron chi connectivity index (χ0n) is 18.1. The van der Waals surface area contributed by atoms with E-state index in [4.69, 9.17) is 4.74 Å². The third kappa shape index (κ3) is 5.19. The number of esters is 1. The van der Waals surface area contributed by atoms with E-state index in [1.165, 1.54) is 12.1 Å². The number of hydrogen-bond acceptors (Lipinski definition) is 8. The molecule has 0 amide bonds. The zero-order chi connectivity index (χ0) is 24.3. The summed E-state index contributed by atoms with van der Waals surface area (Å²) in [5, 5.41) is 21.5. The molecule has 0 spiro atoms. The average molecular weight is 477 g/mol. The van der Waals surface area contributed by atoms with Crippen LogP contribution >= 0.6 is 0 Å². The highest BCUT2D eigenvalue weighted by molar-refractivity contribution is 7.92. The van der Waals surface area contributed by atoms with Gasteiger partial charge in [0.05, 0.1) is 31.6 Å². The Bertz CT molecular complexity index is 1130. The number of unbranched alkanes of at least 4 members (excludes halogenated alkanes) is 1. The van der Waals surface area contributed by atoms with Crippen molar-refractivity contribution < 1.29 is 27.8 Å². The van der Waals surface area contributed by atoms with Gasteiger partial charge in [0.15, 0.2) is 9.84 Å². The number of ether oxygens (including phenoxy) is 1. The molecule has 1 fully saturated rings. The van der Waals surface area contributed by atoms with Gasteiger partial charge >= 0.3 is 5.97 Å². The topological polar surface area (TPSA) is 147 Å². The summed E-state index contributed by atoms with van der Waals surface area (Å²) >= 11 is 0. The van der Waals surface area contributed by atoms with Gasteiger partial charge in [-0.1, -0.05) is 38.0 Å². The number of rotatable bonds is 10. The third-order valence-electron chi connectivity index (χ3n) is 5.87. The van der Waals surface area contributed by atoms with Gasteiger partial charge in [-0.05, 0) is 31.4 Å². The molecule has 33 heavy (non-hydrogen) atoms. The SMILES string of the molecule is CCCC[C@@H]1[C@H]([C@H](C)OC(=O)c2cc([N+](=O)[O-])cc([N+](=O)[O-])c2)[C@H]1S(=O)(=O)c1ccccc1. The molecule has 4 atom stereocenters. The van der Waals surface area contributed by atoms with E-state index in [1.807, 2.05) is 6.92 Å². The first-order valence-corrected chi connectivity index (χ1v) is 12.1. The monoisotopic (exact) mass is 476 g/mol. The van der Waals surface area contributed by atoms with Crippen LogP contribution in [0.1, 0.15) is 43.5 Å². The number of carbonyl (C=O) groups is 1. The van der Waals surface area contributed by atoms with Crippen LogP contribution in [-0.2, 0) is 14.6 Å². The molecule has 0 aliphatic heterocycles. The smallest absolute Gasteiger partial charge is 0.338 e. The van der Waals surface area contributed by atoms with Gasteiger partial charge < -0.3 is 4.74 Å². The fourth-order valence-electron chi connectivity index (χ4n) is 4.22. The third-order valence-corrected chi connectivity index (χ3v) is 8.18. The van der Waals surface area contributed by atoms with Crippen LogP contribution in [0.2, 0.25) is 0 Å². The summed E-state index contributed by atoms with van der Waals surface area (Å²) in [6.45, 7) is 3.57. The molecule has 2 aromatic carbocycles. The number of hydrogen-bond donors (Lipinski definition) is 0. The van der Waals surface area contributed by atoms with Crippen molar-refractivity contribution in [1.29, 1.82) is 0 Å². The summed E-state index contributed by atoms with van der Waals surface area (Å²) < 4.78 is 31.8. The lowest BCUT2D eigenvalue weighted by atomic mass is 10.1. The van der Waals surface area contributed by atoms with Crippen molar-refractivity contribution in [2.75, 3.05) is 0 Å². The van der Waals surface area contributed by atoms with Crippen LogP contribution in [0.15, 0.2) is 53.4 Å². The maximum atomic E-state index is 13.2. The Kier molecular flexibility index (Phi) is 7.11. The molecule has 0 unspecified atom stereocenters. The van der Waals surface area contributed by atoms with Crippen LogP contribution in [0.4, 0.5) is 11.4 Å². The Hall–Kier alpha value is -3.34. The molecule has 1 aliphatic rings. The van der Waals surface area contributed by atoms with Crippen LogP contribution in [0, 0.1) is 32.1 Å². The first kappa shape index (κ1) is 24.3. The van der Waals surface area contributed by atoms with E-state index in [9.17, 15) is 33.4 Å². The van der Waals surface area contributed by atoms with E-state index < -0.39 is 54.3 Å². The quantitative estimate of drug-likeness (QED) is 0.280. The number of benzene rings is 2. The molecule has 0 N–H and O–H groups in total. The van der Waals surface area contributed by atoms with Crippen LogP contribution in [-0.4, -0.2) is 35.6 Å². The molecule has 0 radical (unpaired) electrons. The fraction of sp³-hybridized carbons (Fsp3) is 0.409. The van der Waals surface area contributed by atoms with Gasteiger partial charge in [0.1, 0.15) is 6.10 Å². The highest BCUT2D eigenvalue weighted by Crippen LogP contribution is 2.52. The molecule has 2 aromatic rings. The van der Waals surface area contributed by atoms with E-state index in [0.29, 0.717) is 6.42 Å².